The van der Waals surface area contributed by atoms with E-state index in [1.54, 1.807) is 10.9 Å². The number of hydrogen-bond donors (Lipinski definition) is 1. The molecule has 1 aliphatic rings. The molecule has 0 aliphatic heterocycles. The van der Waals surface area contributed by atoms with Gasteiger partial charge in [-0.3, -0.25) is 14.9 Å². The Morgan fingerprint density at radius 1 is 1.48 bits per heavy atom. The van der Waals surface area contributed by atoms with Crippen molar-refractivity contribution in [3.63, 3.8) is 0 Å². The molecular formula is C15H13N5O3. The first-order valence-corrected chi connectivity index (χ1v) is 7.03. The Bertz CT molecular complexity index is 780. The lowest BCUT2D eigenvalue weighted by atomic mass is 10.2. The Kier molecular flexibility index (Phi) is 3.76. The van der Waals surface area contributed by atoms with Crippen LogP contribution in [0.2, 0.25) is 0 Å². The number of nitro groups is 1. The van der Waals surface area contributed by atoms with Crippen LogP contribution in [0.1, 0.15) is 18.0 Å². The smallest absolute Gasteiger partial charge is 0.231 e. The summed E-state index contributed by atoms with van der Waals surface area (Å²) in [7, 11) is 0. The molecule has 1 heterocycles. The number of para-hydroxylation sites is 1. The fraction of sp³-hybridized carbons (Fsp3) is 0.267. The quantitative estimate of drug-likeness (QED) is 0.658. The second-order valence-electron chi connectivity index (χ2n) is 5.32. The zero-order valence-electron chi connectivity index (χ0n) is 12.0. The van der Waals surface area contributed by atoms with E-state index >= 15 is 0 Å². The lowest BCUT2D eigenvalue weighted by molar-refractivity contribution is -0.497. The summed E-state index contributed by atoms with van der Waals surface area (Å²) in [5, 5.41) is 26.6. The normalized spacial score (nSPS) is 20.3. The van der Waals surface area contributed by atoms with E-state index in [4.69, 9.17) is 0 Å². The average molecular weight is 311 g/mol. The lowest BCUT2D eigenvalue weighted by Crippen LogP contribution is -2.30. The Labute approximate surface area is 131 Å². The zero-order chi connectivity index (χ0) is 16.4. The summed E-state index contributed by atoms with van der Waals surface area (Å²) in [4.78, 5) is 22.1. The van der Waals surface area contributed by atoms with Gasteiger partial charge in [0.25, 0.3) is 0 Å². The first-order chi connectivity index (χ1) is 11.1. The molecule has 1 aromatic carbocycles. The largest absolute Gasteiger partial charge is 0.336 e. The van der Waals surface area contributed by atoms with Crippen molar-refractivity contribution in [1.29, 1.82) is 5.26 Å². The van der Waals surface area contributed by atoms with Gasteiger partial charge in [-0.15, -0.1) is 0 Å². The molecule has 2 aromatic rings. The van der Waals surface area contributed by atoms with Gasteiger partial charge in [-0.05, 0) is 12.1 Å². The maximum Gasteiger partial charge on any atom is 0.231 e. The van der Waals surface area contributed by atoms with E-state index in [1.165, 1.54) is 6.20 Å². The first kappa shape index (κ1) is 14.7. The third-order valence-electron chi connectivity index (χ3n) is 3.74. The number of nitriles is 1. The van der Waals surface area contributed by atoms with Crippen molar-refractivity contribution in [2.75, 3.05) is 0 Å². The molecule has 0 radical (unpaired) electrons. The van der Waals surface area contributed by atoms with Crippen LogP contribution >= 0.6 is 0 Å². The van der Waals surface area contributed by atoms with E-state index in [1.807, 2.05) is 36.4 Å². The molecule has 1 amide bonds. The van der Waals surface area contributed by atoms with Gasteiger partial charge in [0.15, 0.2) is 0 Å². The van der Waals surface area contributed by atoms with Gasteiger partial charge in [0.1, 0.15) is 12.0 Å². The van der Waals surface area contributed by atoms with Crippen LogP contribution in [0, 0.1) is 27.4 Å². The summed E-state index contributed by atoms with van der Waals surface area (Å²) in [6.07, 6.45) is 3.38. The predicted molar refractivity (Wildman–Crippen MR) is 79.0 cm³/mol. The highest BCUT2D eigenvalue weighted by Crippen LogP contribution is 2.33. The summed E-state index contributed by atoms with van der Waals surface area (Å²) in [5.74, 6) is -1.12. The second kappa shape index (κ2) is 5.88. The number of rotatable bonds is 5. The lowest BCUT2D eigenvalue weighted by Gasteiger charge is -2.08. The molecule has 1 aliphatic carbocycles. The number of amides is 1. The van der Waals surface area contributed by atoms with Crippen molar-refractivity contribution in [3.8, 4) is 11.8 Å². The second-order valence-corrected chi connectivity index (χ2v) is 5.32. The molecule has 23 heavy (non-hydrogen) atoms. The fourth-order valence-corrected chi connectivity index (χ4v) is 2.34. The van der Waals surface area contributed by atoms with Gasteiger partial charge in [-0.2, -0.15) is 10.4 Å². The minimum Gasteiger partial charge on any atom is -0.336 e. The number of aromatic nitrogens is 2. The van der Waals surface area contributed by atoms with Gasteiger partial charge < -0.3 is 5.32 Å². The van der Waals surface area contributed by atoms with Crippen LogP contribution in [0.15, 0.2) is 42.7 Å². The fourth-order valence-electron chi connectivity index (χ4n) is 2.34. The maximum absolute atomic E-state index is 11.9. The number of carbonyl (C=O) groups is 1. The van der Waals surface area contributed by atoms with Gasteiger partial charge in [0.2, 0.25) is 11.9 Å². The van der Waals surface area contributed by atoms with Crippen molar-refractivity contribution < 1.29 is 9.72 Å². The summed E-state index contributed by atoms with van der Waals surface area (Å²) in [6.45, 7) is 0. The highest BCUT2D eigenvalue weighted by atomic mass is 16.6. The predicted octanol–water partition coefficient (Wildman–Crippen LogP) is 1.22. The molecule has 0 spiro atoms. The van der Waals surface area contributed by atoms with Crippen LogP contribution in [0.25, 0.3) is 5.69 Å². The Balaban J connectivity index is 1.70. The molecular weight excluding hydrogens is 298 g/mol. The molecule has 1 fully saturated rings. The Morgan fingerprint density at radius 2 is 2.22 bits per heavy atom. The van der Waals surface area contributed by atoms with Gasteiger partial charge in [-0.1, -0.05) is 18.2 Å². The third-order valence-corrected chi connectivity index (χ3v) is 3.74. The maximum atomic E-state index is 11.9. The molecule has 3 rings (SSSR count). The van der Waals surface area contributed by atoms with Crippen LogP contribution in [-0.4, -0.2) is 26.7 Å². The van der Waals surface area contributed by atoms with E-state index in [2.05, 4.69) is 10.4 Å². The van der Waals surface area contributed by atoms with E-state index in [0.717, 1.165) is 5.69 Å². The highest BCUT2D eigenvalue weighted by molar-refractivity contribution is 5.82. The van der Waals surface area contributed by atoms with Crippen molar-refractivity contribution >= 4 is 5.91 Å². The van der Waals surface area contributed by atoms with E-state index in [-0.39, 0.29) is 6.42 Å². The van der Waals surface area contributed by atoms with Crippen molar-refractivity contribution in [2.24, 2.45) is 5.92 Å². The average Bonchev–Trinajstić information content (AvgIpc) is 3.23. The molecule has 3 unspecified atom stereocenters. The number of nitrogens with one attached hydrogen (secondary N) is 1. The van der Waals surface area contributed by atoms with Crippen LogP contribution in [0.5, 0.6) is 0 Å². The van der Waals surface area contributed by atoms with Crippen LogP contribution in [0.3, 0.4) is 0 Å². The molecule has 1 aromatic heterocycles. The van der Waals surface area contributed by atoms with Crippen LogP contribution in [-0.2, 0) is 4.79 Å². The zero-order valence-corrected chi connectivity index (χ0v) is 12.0. The van der Waals surface area contributed by atoms with Crippen molar-refractivity contribution in [2.45, 2.75) is 18.5 Å². The van der Waals surface area contributed by atoms with Crippen LogP contribution < -0.4 is 5.32 Å². The van der Waals surface area contributed by atoms with Gasteiger partial charge in [-0.25, -0.2) is 4.68 Å². The van der Waals surface area contributed by atoms with Gasteiger partial charge >= 0.3 is 0 Å². The molecule has 3 atom stereocenters. The number of benzene rings is 1. The molecule has 0 bridgehead atoms. The van der Waals surface area contributed by atoms with Crippen LogP contribution in [0.4, 0.5) is 0 Å². The summed E-state index contributed by atoms with van der Waals surface area (Å²) in [5.41, 5.74) is 1.36. The number of hydrogen-bond acceptors (Lipinski definition) is 5. The van der Waals surface area contributed by atoms with E-state index in [9.17, 15) is 20.2 Å². The summed E-state index contributed by atoms with van der Waals surface area (Å²) >= 11 is 0. The van der Waals surface area contributed by atoms with Crippen molar-refractivity contribution in [3.05, 3.63) is 58.4 Å². The van der Waals surface area contributed by atoms with E-state index in [0.29, 0.717) is 5.56 Å². The molecule has 8 nitrogen and oxygen atoms in total. The molecule has 116 valence electrons. The topological polar surface area (TPSA) is 114 Å². The Hall–Kier alpha value is -3.21. The van der Waals surface area contributed by atoms with E-state index < -0.39 is 28.8 Å². The Morgan fingerprint density at radius 3 is 2.83 bits per heavy atom. The minimum atomic E-state index is -0.882. The molecule has 0 saturated heterocycles. The summed E-state index contributed by atoms with van der Waals surface area (Å²) in [6, 6.07) is 9.61. The molecule has 8 heteroatoms. The minimum absolute atomic E-state index is 0.222. The van der Waals surface area contributed by atoms with Gasteiger partial charge in [0.05, 0.1) is 18.0 Å². The third kappa shape index (κ3) is 3.03. The monoisotopic (exact) mass is 311 g/mol. The van der Waals surface area contributed by atoms with Gasteiger partial charge in [0, 0.05) is 23.1 Å². The number of nitrogens with zero attached hydrogens (tertiary/aromatic N) is 4. The highest BCUT2D eigenvalue weighted by Gasteiger charge is 2.53. The summed E-state index contributed by atoms with van der Waals surface area (Å²) < 4.78 is 1.60. The first-order valence-electron chi connectivity index (χ1n) is 7.03. The number of carbonyl (C=O) groups excluding carboxylic acids is 1. The molecule has 1 N–H and O–H groups in total. The van der Waals surface area contributed by atoms with Crippen molar-refractivity contribution in [1.82, 2.24) is 15.1 Å². The SMILES string of the molecule is N#CC(NC(=O)C1CC1[N+](=O)[O-])c1cnn(-c2ccccc2)c1. The standard InChI is InChI=1S/C15H13N5O3/c16-7-13(18-15(21)12-6-14(12)20(22)23)10-8-17-19(9-10)11-4-2-1-3-5-11/h1-5,8-9,12-14H,6H2,(H,18,21). The molecule has 1 saturated carbocycles.